The van der Waals surface area contributed by atoms with Crippen LogP contribution in [0.3, 0.4) is 0 Å². The molecule has 2 aromatic rings. The highest BCUT2D eigenvalue weighted by Crippen LogP contribution is 2.23. The van der Waals surface area contributed by atoms with Crippen LogP contribution in [0.1, 0.15) is 29.0 Å². The number of carbonyl (C=O) groups is 2. The molecule has 9 heteroatoms. The van der Waals surface area contributed by atoms with Crippen LogP contribution in [0.5, 0.6) is 0 Å². The molecule has 2 amide bonds. The van der Waals surface area contributed by atoms with E-state index in [1.165, 1.54) is 16.0 Å². The zero-order valence-electron chi connectivity index (χ0n) is 17.1. The van der Waals surface area contributed by atoms with Crippen LogP contribution in [-0.4, -0.2) is 73.1 Å². The van der Waals surface area contributed by atoms with Gasteiger partial charge in [0.2, 0.25) is 15.9 Å². The van der Waals surface area contributed by atoms with E-state index in [0.717, 1.165) is 12.0 Å². The molecule has 1 aromatic heterocycles. The van der Waals surface area contributed by atoms with Crippen molar-refractivity contribution in [3.8, 4) is 0 Å². The van der Waals surface area contributed by atoms with Crippen LogP contribution in [0.25, 0.3) is 6.08 Å². The Bertz CT molecular complexity index is 1040. The molecule has 0 unspecified atom stereocenters. The Morgan fingerprint density at radius 2 is 1.71 bits per heavy atom. The molecule has 0 spiro atoms. The second-order valence-corrected chi connectivity index (χ2v) is 9.44. The number of likely N-dealkylation sites (tertiary alicyclic amines) is 1. The smallest absolute Gasteiger partial charge is 0.290 e. The largest absolute Gasteiger partial charge is 0.459 e. The highest BCUT2D eigenvalue weighted by atomic mass is 32.2. The van der Waals surface area contributed by atoms with Gasteiger partial charge in [-0.05, 0) is 36.6 Å². The molecule has 0 radical (unpaired) electrons. The Morgan fingerprint density at radius 1 is 0.968 bits per heavy atom. The minimum atomic E-state index is -3.57. The first-order valence-electron chi connectivity index (χ1n) is 10.3. The van der Waals surface area contributed by atoms with Crippen molar-refractivity contribution in [2.24, 2.45) is 0 Å². The van der Waals surface area contributed by atoms with Crippen molar-refractivity contribution in [1.82, 2.24) is 14.1 Å². The zero-order chi connectivity index (χ0) is 21.8. The van der Waals surface area contributed by atoms with Gasteiger partial charge in [-0.3, -0.25) is 9.59 Å². The van der Waals surface area contributed by atoms with Gasteiger partial charge in [0.25, 0.3) is 5.91 Å². The van der Waals surface area contributed by atoms with Crippen molar-refractivity contribution in [2.75, 3.05) is 32.7 Å². The predicted molar refractivity (Wildman–Crippen MR) is 115 cm³/mol. The average Bonchev–Trinajstić information content (AvgIpc) is 3.50. The number of hydrogen-bond donors (Lipinski definition) is 0. The third-order valence-corrected chi connectivity index (χ3v) is 7.24. The van der Waals surface area contributed by atoms with E-state index in [1.807, 2.05) is 30.3 Å². The van der Waals surface area contributed by atoms with E-state index in [-0.39, 0.29) is 30.7 Å². The lowest BCUT2D eigenvalue weighted by molar-refractivity contribution is -0.136. The molecule has 8 nitrogen and oxygen atoms in total. The summed E-state index contributed by atoms with van der Waals surface area (Å²) in [7, 11) is -3.57. The fourth-order valence-electron chi connectivity index (χ4n) is 4.00. The Balaban J connectivity index is 1.36. The van der Waals surface area contributed by atoms with E-state index in [4.69, 9.17) is 4.42 Å². The number of hydrogen-bond acceptors (Lipinski definition) is 5. The topological polar surface area (TPSA) is 91.1 Å². The molecule has 31 heavy (non-hydrogen) atoms. The summed E-state index contributed by atoms with van der Waals surface area (Å²) in [6.07, 6.45) is 4.36. The van der Waals surface area contributed by atoms with E-state index in [2.05, 4.69) is 0 Å². The van der Waals surface area contributed by atoms with E-state index in [9.17, 15) is 18.0 Å². The molecule has 0 aliphatic carbocycles. The fraction of sp³-hybridized carbons (Fsp3) is 0.364. The van der Waals surface area contributed by atoms with Crippen molar-refractivity contribution in [3.05, 3.63) is 65.5 Å². The summed E-state index contributed by atoms with van der Waals surface area (Å²) in [5, 5.41) is 1.21. The van der Waals surface area contributed by atoms with Crippen LogP contribution < -0.4 is 0 Å². The van der Waals surface area contributed by atoms with Gasteiger partial charge in [-0.2, -0.15) is 4.31 Å². The number of sulfonamides is 1. The maximum absolute atomic E-state index is 13.1. The molecule has 4 rings (SSSR count). The van der Waals surface area contributed by atoms with Gasteiger partial charge in [-0.15, -0.1) is 0 Å². The Labute approximate surface area is 181 Å². The first kappa shape index (κ1) is 21.3. The van der Waals surface area contributed by atoms with Gasteiger partial charge in [0.05, 0.1) is 6.26 Å². The van der Waals surface area contributed by atoms with E-state index in [0.29, 0.717) is 26.1 Å². The predicted octanol–water partition coefficient (Wildman–Crippen LogP) is 2.03. The highest BCUT2D eigenvalue weighted by molar-refractivity contribution is 7.92. The number of furan rings is 1. The van der Waals surface area contributed by atoms with Gasteiger partial charge >= 0.3 is 0 Å². The lowest BCUT2D eigenvalue weighted by Crippen LogP contribution is -2.55. The summed E-state index contributed by atoms with van der Waals surface area (Å²) in [5.74, 6) is -0.191. The van der Waals surface area contributed by atoms with Crippen molar-refractivity contribution in [3.63, 3.8) is 0 Å². The quantitative estimate of drug-likeness (QED) is 0.705. The Hall–Kier alpha value is -2.91. The molecule has 2 aliphatic heterocycles. The van der Waals surface area contributed by atoms with Gasteiger partial charge in [-0.25, -0.2) is 8.42 Å². The molecule has 1 atom stereocenters. The molecular weight excluding hydrogens is 418 g/mol. The average molecular weight is 444 g/mol. The molecule has 2 saturated heterocycles. The van der Waals surface area contributed by atoms with Crippen LogP contribution in [-0.2, 0) is 14.8 Å². The minimum absolute atomic E-state index is 0.130. The molecule has 0 N–H and O–H groups in total. The minimum Gasteiger partial charge on any atom is -0.459 e. The van der Waals surface area contributed by atoms with Gasteiger partial charge in [0, 0.05) is 38.1 Å². The molecule has 3 heterocycles. The first-order valence-corrected chi connectivity index (χ1v) is 11.8. The summed E-state index contributed by atoms with van der Waals surface area (Å²) >= 11 is 0. The molecular formula is C22H25N3O5S. The normalized spacial score (nSPS) is 20.5. The summed E-state index contributed by atoms with van der Waals surface area (Å²) in [4.78, 5) is 28.9. The maximum atomic E-state index is 13.1. The number of nitrogens with zero attached hydrogens (tertiary/aromatic N) is 3. The lowest BCUT2D eigenvalue weighted by Gasteiger charge is -2.36. The van der Waals surface area contributed by atoms with E-state index in [1.54, 1.807) is 28.0 Å². The summed E-state index contributed by atoms with van der Waals surface area (Å²) < 4.78 is 31.9. The maximum Gasteiger partial charge on any atom is 0.290 e. The second-order valence-electron chi connectivity index (χ2n) is 7.62. The molecule has 164 valence electrons. The third-order valence-electron chi connectivity index (χ3n) is 5.67. The van der Waals surface area contributed by atoms with Crippen molar-refractivity contribution in [1.29, 1.82) is 0 Å². The lowest BCUT2D eigenvalue weighted by atomic mass is 10.1. The zero-order valence-corrected chi connectivity index (χ0v) is 17.9. The standard InChI is InChI=1S/C22H25N3O5S/c26-21(19-8-4-11-25(19)22(27)20-9-5-16-30-20)23-12-14-24(15-13-23)31(28,29)17-10-18-6-2-1-3-7-18/h1-3,5-7,9-10,16-17,19H,4,8,11-15H2/b17-10+/t19-/m0/s1. The monoisotopic (exact) mass is 443 g/mol. The van der Waals surface area contributed by atoms with E-state index >= 15 is 0 Å². The number of rotatable bonds is 5. The number of amides is 2. The van der Waals surface area contributed by atoms with Crippen LogP contribution in [0.4, 0.5) is 0 Å². The van der Waals surface area contributed by atoms with Gasteiger partial charge in [0.1, 0.15) is 6.04 Å². The van der Waals surface area contributed by atoms with Crippen LogP contribution in [0.15, 0.2) is 58.6 Å². The van der Waals surface area contributed by atoms with Crippen LogP contribution in [0.2, 0.25) is 0 Å². The third kappa shape index (κ3) is 4.72. The molecule has 0 saturated carbocycles. The van der Waals surface area contributed by atoms with Crippen molar-refractivity contribution >= 4 is 27.9 Å². The number of benzene rings is 1. The SMILES string of the molecule is O=C([C@@H]1CCCN1C(=O)c1ccco1)N1CCN(S(=O)(=O)/C=C/c2ccccc2)CC1. The Morgan fingerprint density at radius 3 is 2.39 bits per heavy atom. The van der Waals surface area contributed by atoms with Gasteiger partial charge in [0.15, 0.2) is 5.76 Å². The van der Waals surface area contributed by atoms with Crippen LogP contribution in [0, 0.1) is 0 Å². The summed E-state index contributed by atoms with van der Waals surface area (Å²) in [5.41, 5.74) is 0.808. The van der Waals surface area contributed by atoms with Gasteiger partial charge in [-0.1, -0.05) is 30.3 Å². The first-order chi connectivity index (χ1) is 15.0. The summed E-state index contributed by atoms with van der Waals surface area (Å²) in [6, 6.07) is 11.9. The molecule has 1 aromatic carbocycles. The van der Waals surface area contributed by atoms with Crippen LogP contribution >= 0.6 is 0 Å². The molecule has 2 fully saturated rings. The molecule has 2 aliphatic rings. The molecule has 0 bridgehead atoms. The van der Waals surface area contributed by atoms with Gasteiger partial charge < -0.3 is 14.2 Å². The highest BCUT2D eigenvalue weighted by Gasteiger charge is 2.39. The summed E-state index contributed by atoms with van der Waals surface area (Å²) in [6.45, 7) is 1.57. The van der Waals surface area contributed by atoms with Crippen molar-refractivity contribution < 1.29 is 22.4 Å². The number of piperazine rings is 1. The fourth-order valence-corrected chi connectivity index (χ4v) is 5.17. The second kappa shape index (κ2) is 9.07. The number of carbonyl (C=O) groups excluding carboxylic acids is 2. The van der Waals surface area contributed by atoms with E-state index < -0.39 is 16.1 Å². The Kier molecular flexibility index (Phi) is 6.24. The van der Waals surface area contributed by atoms with Crippen molar-refractivity contribution in [2.45, 2.75) is 18.9 Å².